The number of thiazole rings is 1. The maximum absolute atomic E-state index is 12.4. The summed E-state index contributed by atoms with van der Waals surface area (Å²) in [5, 5.41) is 10.8. The molecule has 7 nitrogen and oxygen atoms in total. The van der Waals surface area contributed by atoms with Crippen LogP contribution in [0.5, 0.6) is 0 Å². The van der Waals surface area contributed by atoms with Crippen molar-refractivity contribution in [3.63, 3.8) is 0 Å². The largest absolute Gasteiger partial charge is 0.379 e. The van der Waals surface area contributed by atoms with Crippen LogP contribution in [0.1, 0.15) is 16.9 Å². The van der Waals surface area contributed by atoms with Gasteiger partial charge in [-0.2, -0.15) is 5.26 Å². The molecule has 2 N–H and O–H groups in total. The highest BCUT2D eigenvalue weighted by Crippen LogP contribution is 2.13. The molecule has 1 amide bonds. The zero-order chi connectivity index (χ0) is 15.1. The van der Waals surface area contributed by atoms with Crippen molar-refractivity contribution >= 4 is 22.4 Å². The summed E-state index contributed by atoms with van der Waals surface area (Å²) < 4.78 is 5.30. The molecule has 1 fully saturated rings. The standard InChI is InChI=1S/C13H19N5O2S/c14-2-1-3-18(5-4-17-6-8-20-9-7-17)12(19)11-10-21-13(15)16-11/h10H,1,3-9H2,(H2,15,16). The summed E-state index contributed by atoms with van der Waals surface area (Å²) in [7, 11) is 0. The van der Waals surface area contributed by atoms with Gasteiger partial charge in [-0.25, -0.2) is 4.98 Å². The molecule has 2 rings (SSSR count). The first-order valence-corrected chi connectivity index (χ1v) is 7.76. The molecule has 0 aromatic carbocycles. The third kappa shape index (κ3) is 4.67. The Hall–Kier alpha value is -1.69. The number of aromatic nitrogens is 1. The molecule has 0 spiro atoms. The topological polar surface area (TPSA) is 95.5 Å². The molecule has 0 unspecified atom stereocenters. The molecular weight excluding hydrogens is 290 g/mol. The van der Waals surface area contributed by atoms with Gasteiger partial charge >= 0.3 is 0 Å². The van der Waals surface area contributed by atoms with E-state index in [-0.39, 0.29) is 5.91 Å². The van der Waals surface area contributed by atoms with Crippen molar-refractivity contribution in [2.45, 2.75) is 6.42 Å². The lowest BCUT2D eigenvalue weighted by molar-refractivity contribution is 0.0325. The lowest BCUT2D eigenvalue weighted by Crippen LogP contribution is -2.43. The smallest absolute Gasteiger partial charge is 0.273 e. The fourth-order valence-corrected chi connectivity index (χ4v) is 2.67. The van der Waals surface area contributed by atoms with E-state index in [2.05, 4.69) is 16.0 Å². The molecular formula is C13H19N5O2S. The number of hydrogen-bond donors (Lipinski definition) is 1. The van der Waals surface area contributed by atoms with Crippen LogP contribution in [0.4, 0.5) is 5.13 Å². The predicted molar refractivity (Wildman–Crippen MR) is 79.9 cm³/mol. The van der Waals surface area contributed by atoms with Crippen LogP contribution in [0.2, 0.25) is 0 Å². The number of nitrogen functional groups attached to an aromatic ring is 1. The van der Waals surface area contributed by atoms with Gasteiger partial charge < -0.3 is 15.4 Å². The van der Waals surface area contributed by atoms with E-state index in [4.69, 9.17) is 15.7 Å². The summed E-state index contributed by atoms with van der Waals surface area (Å²) in [5.74, 6) is -0.161. The Morgan fingerprint density at radius 2 is 2.29 bits per heavy atom. The third-order valence-corrected chi connectivity index (χ3v) is 3.99. The fourth-order valence-electron chi connectivity index (χ4n) is 2.13. The number of anilines is 1. The van der Waals surface area contributed by atoms with E-state index in [0.29, 0.717) is 30.3 Å². The van der Waals surface area contributed by atoms with Gasteiger partial charge in [0.2, 0.25) is 0 Å². The van der Waals surface area contributed by atoms with Gasteiger partial charge in [-0.05, 0) is 0 Å². The Morgan fingerprint density at radius 3 is 2.90 bits per heavy atom. The molecule has 0 atom stereocenters. The molecule has 1 aliphatic heterocycles. The number of amides is 1. The van der Waals surface area contributed by atoms with E-state index in [1.807, 2.05) is 0 Å². The average Bonchev–Trinajstić information content (AvgIpc) is 2.94. The van der Waals surface area contributed by atoms with Crippen LogP contribution < -0.4 is 5.73 Å². The minimum Gasteiger partial charge on any atom is -0.379 e. The molecule has 1 saturated heterocycles. The second-order valence-corrected chi connectivity index (χ2v) is 5.61. The zero-order valence-electron chi connectivity index (χ0n) is 11.8. The molecule has 114 valence electrons. The van der Waals surface area contributed by atoms with Gasteiger partial charge in [0.1, 0.15) is 5.69 Å². The van der Waals surface area contributed by atoms with Crippen molar-refractivity contribution in [1.29, 1.82) is 5.26 Å². The fraction of sp³-hybridized carbons (Fsp3) is 0.615. The highest BCUT2D eigenvalue weighted by atomic mass is 32.1. The first-order chi connectivity index (χ1) is 10.2. The number of carbonyl (C=O) groups excluding carboxylic acids is 1. The van der Waals surface area contributed by atoms with Crippen LogP contribution in [0.15, 0.2) is 5.38 Å². The molecule has 2 heterocycles. The number of ether oxygens (including phenoxy) is 1. The van der Waals surface area contributed by atoms with Gasteiger partial charge in [-0.15, -0.1) is 11.3 Å². The van der Waals surface area contributed by atoms with Crippen LogP contribution in [-0.4, -0.2) is 66.6 Å². The summed E-state index contributed by atoms with van der Waals surface area (Å²) in [6.07, 6.45) is 0.314. The van der Waals surface area contributed by atoms with Crippen molar-refractivity contribution in [3.05, 3.63) is 11.1 Å². The minimum absolute atomic E-state index is 0.161. The Labute approximate surface area is 127 Å². The van der Waals surface area contributed by atoms with Gasteiger partial charge in [-0.1, -0.05) is 0 Å². The lowest BCUT2D eigenvalue weighted by Gasteiger charge is -2.29. The Bertz CT molecular complexity index is 507. The number of morpholine rings is 1. The summed E-state index contributed by atoms with van der Waals surface area (Å²) in [5.41, 5.74) is 5.93. The van der Waals surface area contributed by atoms with Gasteiger partial charge in [0, 0.05) is 38.1 Å². The Morgan fingerprint density at radius 1 is 1.52 bits per heavy atom. The number of nitrogens with two attached hydrogens (primary N) is 1. The quantitative estimate of drug-likeness (QED) is 0.818. The first-order valence-electron chi connectivity index (χ1n) is 6.88. The van der Waals surface area contributed by atoms with E-state index < -0.39 is 0 Å². The van der Waals surface area contributed by atoms with E-state index in [0.717, 1.165) is 32.8 Å². The van der Waals surface area contributed by atoms with Crippen LogP contribution in [0.25, 0.3) is 0 Å². The highest BCUT2D eigenvalue weighted by molar-refractivity contribution is 7.13. The number of rotatable bonds is 6. The van der Waals surface area contributed by atoms with Crippen LogP contribution in [-0.2, 0) is 4.74 Å². The molecule has 0 saturated carbocycles. The molecule has 21 heavy (non-hydrogen) atoms. The molecule has 0 radical (unpaired) electrons. The van der Waals surface area contributed by atoms with Crippen molar-refractivity contribution < 1.29 is 9.53 Å². The van der Waals surface area contributed by atoms with Crippen molar-refractivity contribution in [3.8, 4) is 6.07 Å². The van der Waals surface area contributed by atoms with Crippen molar-refractivity contribution in [2.75, 3.05) is 51.7 Å². The normalized spacial score (nSPS) is 15.6. The zero-order valence-corrected chi connectivity index (χ0v) is 12.6. The summed E-state index contributed by atoms with van der Waals surface area (Å²) >= 11 is 1.25. The minimum atomic E-state index is -0.161. The summed E-state index contributed by atoms with van der Waals surface area (Å²) in [6, 6.07) is 2.08. The predicted octanol–water partition coefficient (Wildman–Crippen LogP) is 0.413. The van der Waals surface area contributed by atoms with E-state index in [1.54, 1.807) is 10.3 Å². The average molecular weight is 309 g/mol. The Kier molecular flexibility index (Phi) is 5.92. The third-order valence-electron chi connectivity index (χ3n) is 3.31. The molecule has 0 bridgehead atoms. The van der Waals surface area contributed by atoms with Crippen LogP contribution in [0.3, 0.4) is 0 Å². The number of nitriles is 1. The lowest BCUT2D eigenvalue weighted by atomic mass is 10.3. The Balaban J connectivity index is 1.93. The molecule has 1 aromatic heterocycles. The summed E-state index contributed by atoms with van der Waals surface area (Å²) in [6.45, 7) is 4.99. The molecule has 1 aromatic rings. The highest BCUT2D eigenvalue weighted by Gasteiger charge is 2.19. The van der Waals surface area contributed by atoms with Gasteiger partial charge in [0.25, 0.3) is 5.91 Å². The monoisotopic (exact) mass is 309 g/mol. The molecule has 1 aliphatic rings. The maximum Gasteiger partial charge on any atom is 0.273 e. The van der Waals surface area contributed by atoms with Gasteiger partial charge in [-0.3, -0.25) is 9.69 Å². The van der Waals surface area contributed by atoms with Crippen LogP contribution in [0, 0.1) is 11.3 Å². The van der Waals surface area contributed by atoms with Crippen molar-refractivity contribution in [2.24, 2.45) is 0 Å². The maximum atomic E-state index is 12.4. The number of carbonyl (C=O) groups is 1. The number of hydrogen-bond acceptors (Lipinski definition) is 7. The second kappa shape index (κ2) is 7.93. The molecule has 8 heteroatoms. The van der Waals surface area contributed by atoms with Gasteiger partial charge in [0.15, 0.2) is 5.13 Å². The second-order valence-electron chi connectivity index (χ2n) is 4.73. The van der Waals surface area contributed by atoms with E-state index in [9.17, 15) is 4.79 Å². The summed E-state index contributed by atoms with van der Waals surface area (Å²) in [4.78, 5) is 20.4. The van der Waals surface area contributed by atoms with Gasteiger partial charge in [0.05, 0.1) is 25.7 Å². The van der Waals surface area contributed by atoms with Crippen LogP contribution >= 0.6 is 11.3 Å². The number of nitrogens with zero attached hydrogens (tertiary/aromatic N) is 4. The van der Waals surface area contributed by atoms with Crippen molar-refractivity contribution in [1.82, 2.24) is 14.8 Å². The SMILES string of the molecule is N#CCCN(CCN1CCOCC1)C(=O)c1csc(N)n1. The van der Waals surface area contributed by atoms with E-state index in [1.165, 1.54) is 11.3 Å². The van der Waals surface area contributed by atoms with E-state index >= 15 is 0 Å². The first kappa shape index (κ1) is 15.7. The molecule has 0 aliphatic carbocycles.